The van der Waals surface area contributed by atoms with Gasteiger partial charge in [-0.3, -0.25) is 4.79 Å². The number of unbranched alkanes of at least 4 members (excludes halogenated alkanes) is 7. The fraction of sp³-hybridized carbons (Fsp3) is 0.577. The predicted octanol–water partition coefficient (Wildman–Crippen LogP) is 6.81. The zero-order chi connectivity index (χ0) is 20.7. The number of hydrogen-bond donors (Lipinski definition) is 0. The number of carbonyl (C=O) groups excluding carboxylic acids is 1. The molecule has 29 heavy (non-hydrogen) atoms. The first-order chi connectivity index (χ1) is 14.2. The van der Waals surface area contributed by atoms with E-state index in [2.05, 4.69) is 72.0 Å². The van der Waals surface area contributed by atoms with Crippen LogP contribution in [0.5, 0.6) is 0 Å². The van der Waals surface area contributed by atoms with E-state index in [-0.39, 0.29) is 0 Å². The number of nitrogens with zero attached hydrogens (tertiary/aromatic N) is 2. The SMILES string of the molecule is CCCCCCCCC(=O)N(CCCCC)Cc1cccn1Cc1ccccc1. The first kappa shape index (κ1) is 23.3. The largest absolute Gasteiger partial charge is 0.345 e. The standard InChI is InChI=1S/C26H40N2O/c1-3-5-7-8-9-13-19-26(29)28(20-14-6-4-2)23-25-18-15-21-27(25)22-24-16-11-10-12-17-24/h10-12,15-18,21H,3-9,13-14,19-20,22-23H2,1-2H3. The molecule has 2 rings (SSSR count). The van der Waals surface area contributed by atoms with Gasteiger partial charge in [0.2, 0.25) is 5.91 Å². The lowest BCUT2D eigenvalue weighted by atomic mass is 10.1. The minimum atomic E-state index is 0.323. The van der Waals surface area contributed by atoms with E-state index in [0.717, 1.165) is 32.5 Å². The van der Waals surface area contributed by atoms with Crippen molar-refractivity contribution in [2.24, 2.45) is 0 Å². The van der Waals surface area contributed by atoms with Gasteiger partial charge in [0.05, 0.1) is 6.54 Å². The molecule has 0 aliphatic heterocycles. The normalized spacial score (nSPS) is 11.0. The van der Waals surface area contributed by atoms with Gasteiger partial charge in [-0.25, -0.2) is 0 Å². The van der Waals surface area contributed by atoms with Crippen molar-refractivity contribution >= 4 is 5.91 Å². The van der Waals surface area contributed by atoms with E-state index in [1.807, 2.05) is 0 Å². The molecule has 0 unspecified atom stereocenters. The van der Waals surface area contributed by atoms with Crippen LogP contribution in [0.15, 0.2) is 48.7 Å². The summed E-state index contributed by atoms with van der Waals surface area (Å²) in [6.45, 7) is 6.91. The molecular formula is C26H40N2O. The Morgan fingerprint density at radius 2 is 1.52 bits per heavy atom. The molecule has 160 valence electrons. The molecule has 0 radical (unpaired) electrons. The Balaban J connectivity index is 1.92. The van der Waals surface area contributed by atoms with Crippen molar-refractivity contribution in [3.8, 4) is 0 Å². The molecule has 0 spiro atoms. The van der Waals surface area contributed by atoms with Crippen LogP contribution in [0.2, 0.25) is 0 Å². The summed E-state index contributed by atoms with van der Waals surface area (Å²) in [5.41, 5.74) is 2.52. The first-order valence-corrected chi connectivity index (χ1v) is 11.7. The van der Waals surface area contributed by atoms with Gasteiger partial charge in [-0.15, -0.1) is 0 Å². The second kappa shape index (κ2) is 14.0. The first-order valence-electron chi connectivity index (χ1n) is 11.7. The average molecular weight is 397 g/mol. The highest BCUT2D eigenvalue weighted by Gasteiger charge is 2.15. The Kier molecular flexibility index (Phi) is 11.3. The van der Waals surface area contributed by atoms with Crippen LogP contribution in [-0.2, 0) is 17.9 Å². The summed E-state index contributed by atoms with van der Waals surface area (Å²) >= 11 is 0. The van der Waals surface area contributed by atoms with E-state index >= 15 is 0 Å². The van der Waals surface area contributed by atoms with E-state index in [0.29, 0.717) is 12.3 Å². The molecule has 0 fully saturated rings. The highest BCUT2D eigenvalue weighted by Crippen LogP contribution is 2.14. The molecule has 2 aromatic rings. The quantitative estimate of drug-likeness (QED) is 0.304. The van der Waals surface area contributed by atoms with Gasteiger partial charge in [-0.1, -0.05) is 89.1 Å². The van der Waals surface area contributed by atoms with Crippen LogP contribution < -0.4 is 0 Å². The average Bonchev–Trinajstić information content (AvgIpc) is 3.17. The molecule has 1 aromatic heterocycles. The lowest BCUT2D eigenvalue weighted by Gasteiger charge is -2.24. The maximum Gasteiger partial charge on any atom is 0.222 e. The fourth-order valence-corrected chi connectivity index (χ4v) is 3.78. The number of aromatic nitrogens is 1. The molecule has 0 aliphatic carbocycles. The molecule has 0 saturated heterocycles. The van der Waals surface area contributed by atoms with Gasteiger partial charge in [0.25, 0.3) is 0 Å². The van der Waals surface area contributed by atoms with E-state index in [1.165, 1.54) is 56.2 Å². The van der Waals surface area contributed by atoms with E-state index in [1.54, 1.807) is 0 Å². The summed E-state index contributed by atoms with van der Waals surface area (Å²) in [7, 11) is 0. The third-order valence-corrected chi connectivity index (χ3v) is 5.60. The summed E-state index contributed by atoms with van der Waals surface area (Å²) in [5.74, 6) is 0.323. The number of carbonyl (C=O) groups is 1. The van der Waals surface area contributed by atoms with Crippen LogP contribution in [-0.4, -0.2) is 21.9 Å². The smallest absolute Gasteiger partial charge is 0.222 e. The zero-order valence-corrected chi connectivity index (χ0v) is 18.6. The number of hydrogen-bond acceptors (Lipinski definition) is 1. The lowest BCUT2D eigenvalue weighted by Crippen LogP contribution is -2.32. The Morgan fingerprint density at radius 1 is 0.828 bits per heavy atom. The van der Waals surface area contributed by atoms with Crippen LogP contribution in [0.25, 0.3) is 0 Å². The zero-order valence-electron chi connectivity index (χ0n) is 18.6. The van der Waals surface area contributed by atoms with Gasteiger partial charge >= 0.3 is 0 Å². The second-order valence-corrected chi connectivity index (χ2v) is 8.15. The molecule has 1 heterocycles. The van der Waals surface area contributed by atoms with Gasteiger partial charge in [0.15, 0.2) is 0 Å². The minimum absolute atomic E-state index is 0.323. The molecule has 3 heteroatoms. The van der Waals surface area contributed by atoms with Crippen molar-refractivity contribution in [3.63, 3.8) is 0 Å². The van der Waals surface area contributed by atoms with Crippen molar-refractivity contribution < 1.29 is 4.79 Å². The molecule has 0 saturated carbocycles. The molecule has 0 bridgehead atoms. The van der Waals surface area contributed by atoms with E-state index in [4.69, 9.17) is 0 Å². The molecular weight excluding hydrogens is 356 g/mol. The molecule has 1 aromatic carbocycles. The van der Waals surface area contributed by atoms with Gasteiger partial charge in [0, 0.05) is 31.4 Å². The summed E-state index contributed by atoms with van der Waals surface area (Å²) in [6, 6.07) is 14.8. The number of rotatable bonds is 15. The predicted molar refractivity (Wildman–Crippen MR) is 123 cm³/mol. The van der Waals surface area contributed by atoms with Crippen LogP contribution in [0.3, 0.4) is 0 Å². The maximum absolute atomic E-state index is 12.9. The third kappa shape index (κ3) is 8.89. The van der Waals surface area contributed by atoms with Crippen LogP contribution >= 0.6 is 0 Å². The Hall–Kier alpha value is -2.03. The summed E-state index contributed by atoms with van der Waals surface area (Å²) in [5, 5.41) is 0. The van der Waals surface area contributed by atoms with Gasteiger partial charge in [-0.05, 0) is 30.5 Å². The third-order valence-electron chi connectivity index (χ3n) is 5.60. The molecule has 0 N–H and O–H groups in total. The van der Waals surface area contributed by atoms with Crippen LogP contribution in [0.1, 0.15) is 89.3 Å². The molecule has 0 aliphatic rings. The Bertz CT molecular complexity index is 677. The maximum atomic E-state index is 12.9. The summed E-state index contributed by atoms with van der Waals surface area (Å²) in [6.07, 6.45) is 13.6. The topological polar surface area (TPSA) is 25.2 Å². The van der Waals surface area contributed by atoms with Crippen molar-refractivity contribution in [1.82, 2.24) is 9.47 Å². The molecule has 1 amide bonds. The number of amides is 1. The van der Waals surface area contributed by atoms with Crippen molar-refractivity contribution in [2.45, 2.75) is 91.1 Å². The summed E-state index contributed by atoms with van der Waals surface area (Å²) in [4.78, 5) is 15.0. The van der Waals surface area contributed by atoms with Crippen molar-refractivity contribution in [2.75, 3.05) is 6.54 Å². The highest BCUT2D eigenvalue weighted by molar-refractivity contribution is 5.76. The van der Waals surface area contributed by atoms with Crippen molar-refractivity contribution in [3.05, 3.63) is 59.9 Å². The second-order valence-electron chi connectivity index (χ2n) is 8.15. The van der Waals surface area contributed by atoms with Gasteiger partial charge < -0.3 is 9.47 Å². The Morgan fingerprint density at radius 3 is 2.28 bits per heavy atom. The van der Waals surface area contributed by atoms with Gasteiger partial charge in [-0.2, -0.15) is 0 Å². The minimum Gasteiger partial charge on any atom is -0.345 e. The molecule has 0 atom stereocenters. The lowest BCUT2D eigenvalue weighted by molar-refractivity contribution is -0.132. The molecule has 3 nitrogen and oxygen atoms in total. The number of benzene rings is 1. The Labute approximate surface area is 178 Å². The van der Waals surface area contributed by atoms with Crippen LogP contribution in [0.4, 0.5) is 0 Å². The van der Waals surface area contributed by atoms with E-state index in [9.17, 15) is 4.79 Å². The van der Waals surface area contributed by atoms with Gasteiger partial charge in [0.1, 0.15) is 0 Å². The van der Waals surface area contributed by atoms with Crippen molar-refractivity contribution in [1.29, 1.82) is 0 Å². The summed E-state index contributed by atoms with van der Waals surface area (Å²) < 4.78 is 2.28. The van der Waals surface area contributed by atoms with E-state index < -0.39 is 0 Å². The highest BCUT2D eigenvalue weighted by atomic mass is 16.2. The fourth-order valence-electron chi connectivity index (χ4n) is 3.78. The monoisotopic (exact) mass is 396 g/mol. The van der Waals surface area contributed by atoms with Crippen LogP contribution in [0, 0.1) is 0 Å².